The van der Waals surface area contributed by atoms with Crippen LogP contribution in [0.25, 0.3) is 0 Å². The first-order valence-electron chi connectivity index (χ1n) is 6.59. The third-order valence-electron chi connectivity index (χ3n) is 2.63. The molecule has 8 nitrogen and oxygen atoms in total. The first kappa shape index (κ1) is 17.8. The van der Waals surface area contributed by atoms with Gasteiger partial charge in [-0.05, 0) is 25.0 Å². The van der Waals surface area contributed by atoms with Gasteiger partial charge in [-0.25, -0.2) is 24.0 Å². The molecule has 0 atom stereocenters. The molecule has 1 aromatic heterocycles. The Morgan fingerprint density at radius 2 is 2.05 bits per heavy atom. The van der Waals surface area contributed by atoms with Crippen molar-refractivity contribution in [1.82, 2.24) is 9.71 Å². The zero-order valence-corrected chi connectivity index (χ0v) is 12.9. The fourth-order valence-electron chi connectivity index (χ4n) is 1.49. The summed E-state index contributed by atoms with van der Waals surface area (Å²) in [5, 5.41) is 0. The maximum Gasteiger partial charge on any atom is 0.242 e. The minimum absolute atomic E-state index is 0.109. The van der Waals surface area contributed by atoms with Gasteiger partial charge in [-0.15, -0.1) is 0 Å². The molecule has 21 heavy (non-hydrogen) atoms. The number of hydrogen-bond donors (Lipinski definition) is 3. The maximum absolute atomic E-state index is 12.0. The molecule has 0 aromatic carbocycles. The molecule has 0 fully saturated rings. The second-order valence-electron chi connectivity index (χ2n) is 4.23. The van der Waals surface area contributed by atoms with E-state index in [2.05, 4.69) is 15.1 Å². The number of unbranched alkanes of at least 4 members (excludes halogenated alkanes) is 1. The quantitative estimate of drug-likeness (QED) is 0.301. The summed E-state index contributed by atoms with van der Waals surface area (Å²) in [6, 6.07) is 2.94. The van der Waals surface area contributed by atoms with Gasteiger partial charge in [0.1, 0.15) is 10.7 Å². The van der Waals surface area contributed by atoms with Gasteiger partial charge < -0.3 is 14.9 Å². The molecule has 0 radical (unpaired) electrons. The van der Waals surface area contributed by atoms with Crippen molar-refractivity contribution in [3.63, 3.8) is 0 Å². The molecular formula is C12H22N4O4S. The zero-order valence-electron chi connectivity index (χ0n) is 12.0. The van der Waals surface area contributed by atoms with Crippen LogP contribution >= 0.6 is 0 Å². The van der Waals surface area contributed by atoms with Gasteiger partial charge in [0.25, 0.3) is 0 Å². The molecule has 0 unspecified atom stereocenters. The number of nitrogens with two attached hydrogens (primary N) is 1. The number of nitrogens with one attached hydrogen (secondary N) is 2. The molecule has 0 aliphatic rings. The van der Waals surface area contributed by atoms with Crippen LogP contribution in [0.2, 0.25) is 0 Å². The number of nitrogens with zero attached hydrogens (tertiary/aromatic N) is 1. The third kappa shape index (κ3) is 6.82. The summed E-state index contributed by atoms with van der Waals surface area (Å²) in [5.41, 5.74) is 2.34. The van der Waals surface area contributed by atoms with Gasteiger partial charge in [-0.1, -0.05) is 0 Å². The van der Waals surface area contributed by atoms with Crippen molar-refractivity contribution >= 4 is 15.8 Å². The minimum Gasteiger partial charge on any atom is -0.382 e. The van der Waals surface area contributed by atoms with E-state index in [0.717, 1.165) is 6.42 Å². The largest absolute Gasteiger partial charge is 0.382 e. The lowest BCUT2D eigenvalue weighted by Gasteiger charge is -2.07. The summed E-state index contributed by atoms with van der Waals surface area (Å²) < 4.78 is 36.6. The third-order valence-corrected chi connectivity index (χ3v) is 4.08. The Hall–Kier alpha value is -1.26. The van der Waals surface area contributed by atoms with Gasteiger partial charge in [-0.3, -0.25) is 0 Å². The Balaban J connectivity index is 2.26. The van der Waals surface area contributed by atoms with E-state index in [-0.39, 0.29) is 4.90 Å². The minimum atomic E-state index is -3.53. The van der Waals surface area contributed by atoms with Crippen molar-refractivity contribution in [3.05, 3.63) is 18.3 Å². The maximum atomic E-state index is 12.0. The molecule has 0 aliphatic carbocycles. The first-order valence-corrected chi connectivity index (χ1v) is 8.07. The number of pyridine rings is 1. The highest BCUT2D eigenvalue weighted by molar-refractivity contribution is 7.89. The van der Waals surface area contributed by atoms with Crippen LogP contribution in [0, 0.1) is 0 Å². The standard InChI is InChI=1S/C12H22N4O4S/c1-19-8-9-20-7-3-2-6-15-21(17,18)11-4-5-12(16-13)14-10-11/h4-5,10,15H,2-3,6-9,13H2,1H3,(H,14,16). The van der Waals surface area contributed by atoms with E-state index in [1.807, 2.05) is 0 Å². The Morgan fingerprint density at radius 3 is 2.67 bits per heavy atom. The monoisotopic (exact) mass is 318 g/mol. The molecular weight excluding hydrogens is 296 g/mol. The van der Waals surface area contributed by atoms with E-state index in [0.29, 0.717) is 38.6 Å². The average molecular weight is 318 g/mol. The number of nitrogen functional groups attached to an aromatic ring is 1. The van der Waals surface area contributed by atoms with Gasteiger partial charge in [0.15, 0.2) is 0 Å². The fourth-order valence-corrected chi connectivity index (χ4v) is 2.51. The van der Waals surface area contributed by atoms with Crippen molar-refractivity contribution in [2.75, 3.05) is 38.9 Å². The van der Waals surface area contributed by atoms with E-state index >= 15 is 0 Å². The summed E-state index contributed by atoms with van der Waals surface area (Å²) in [4.78, 5) is 3.97. The van der Waals surface area contributed by atoms with Crippen molar-refractivity contribution in [3.8, 4) is 0 Å². The molecule has 1 aromatic rings. The highest BCUT2D eigenvalue weighted by atomic mass is 32.2. The van der Waals surface area contributed by atoms with Crippen LogP contribution in [0.15, 0.2) is 23.2 Å². The molecule has 1 heterocycles. The van der Waals surface area contributed by atoms with Crippen LogP contribution in [0.5, 0.6) is 0 Å². The molecule has 0 bridgehead atoms. The molecule has 9 heteroatoms. The summed E-state index contributed by atoms with van der Waals surface area (Å²) >= 11 is 0. The predicted octanol–water partition coefficient (Wildman–Crippen LogP) is 0.0887. The van der Waals surface area contributed by atoms with Crippen LogP contribution < -0.4 is 16.0 Å². The van der Waals surface area contributed by atoms with Gasteiger partial charge in [-0.2, -0.15) is 0 Å². The molecule has 120 valence electrons. The fraction of sp³-hybridized carbons (Fsp3) is 0.583. The van der Waals surface area contributed by atoms with Crippen LogP contribution in [-0.4, -0.2) is 46.9 Å². The molecule has 0 saturated heterocycles. The lowest BCUT2D eigenvalue weighted by molar-refractivity contribution is 0.0689. The second kappa shape index (κ2) is 9.64. The van der Waals surface area contributed by atoms with Crippen LogP contribution in [-0.2, 0) is 19.5 Å². The number of aromatic nitrogens is 1. The highest BCUT2D eigenvalue weighted by Gasteiger charge is 2.13. The van der Waals surface area contributed by atoms with Gasteiger partial charge in [0.05, 0.1) is 13.2 Å². The Morgan fingerprint density at radius 1 is 1.24 bits per heavy atom. The zero-order chi connectivity index (χ0) is 15.6. The first-order chi connectivity index (χ1) is 10.1. The molecule has 0 aliphatic heterocycles. The van der Waals surface area contributed by atoms with E-state index in [1.165, 1.54) is 18.3 Å². The Bertz CT molecular complexity index is 492. The van der Waals surface area contributed by atoms with Crippen molar-refractivity contribution in [1.29, 1.82) is 0 Å². The Kier molecular flexibility index (Phi) is 8.16. The van der Waals surface area contributed by atoms with Crippen molar-refractivity contribution in [2.45, 2.75) is 17.7 Å². The van der Waals surface area contributed by atoms with E-state index in [9.17, 15) is 8.42 Å². The smallest absolute Gasteiger partial charge is 0.242 e. The SMILES string of the molecule is COCCOCCCCNS(=O)(=O)c1ccc(NN)nc1. The predicted molar refractivity (Wildman–Crippen MR) is 79.2 cm³/mol. The number of ether oxygens (including phenoxy) is 2. The second-order valence-corrected chi connectivity index (χ2v) is 6.00. The van der Waals surface area contributed by atoms with Crippen LogP contribution in [0.3, 0.4) is 0 Å². The molecule has 0 saturated carbocycles. The molecule has 1 rings (SSSR count). The van der Waals surface area contributed by atoms with E-state index < -0.39 is 10.0 Å². The number of hydrazine groups is 1. The summed E-state index contributed by atoms with van der Waals surface area (Å²) in [5.74, 6) is 5.57. The molecule has 4 N–H and O–H groups in total. The Labute approximate surface area is 125 Å². The number of anilines is 1. The van der Waals surface area contributed by atoms with Crippen molar-refractivity contribution in [2.24, 2.45) is 5.84 Å². The van der Waals surface area contributed by atoms with Gasteiger partial charge >= 0.3 is 0 Å². The molecule has 0 spiro atoms. The summed E-state index contributed by atoms with van der Waals surface area (Å²) in [6.07, 6.45) is 2.73. The van der Waals surface area contributed by atoms with Crippen molar-refractivity contribution < 1.29 is 17.9 Å². The number of methoxy groups -OCH3 is 1. The topological polar surface area (TPSA) is 116 Å². The summed E-state index contributed by atoms with van der Waals surface area (Å²) in [6.45, 7) is 2.05. The average Bonchev–Trinajstić information content (AvgIpc) is 2.50. The normalized spacial score (nSPS) is 11.5. The molecule has 0 amide bonds. The lowest BCUT2D eigenvalue weighted by Crippen LogP contribution is -2.25. The number of sulfonamides is 1. The van der Waals surface area contributed by atoms with Gasteiger partial charge in [0, 0.05) is 26.5 Å². The van der Waals surface area contributed by atoms with E-state index in [4.69, 9.17) is 15.3 Å². The number of hydrogen-bond acceptors (Lipinski definition) is 7. The van der Waals surface area contributed by atoms with E-state index in [1.54, 1.807) is 7.11 Å². The van der Waals surface area contributed by atoms with Crippen LogP contribution in [0.1, 0.15) is 12.8 Å². The van der Waals surface area contributed by atoms with Gasteiger partial charge in [0.2, 0.25) is 10.0 Å². The summed E-state index contributed by atoms with van der Waals surface area (Å²) in [7, 11) is -1.91. The number of rotatable bonds is 11. The highest BCUT2D eigenvalue weighted by Crippen LogP contribution is 2.09. The van der Waals surface area contributed by atoms with Crippen LogP contribution in [0.4, 0.5) is 5.82 Å². The lowest BCUT2D eigenvalue weighted by atomic mass is 10.3.